The van der Waals surface area contributed by atoms with E-state index >= 15 is 0 Å². The van der Waals surface area contributed by atoms with E-state index in [2.05, 4.69) is 68.0 Å². The van der Waals surface area contributed by atoms with Crippen LogP contribution in [0.3, 0.4) is 0 Å². The second-order valence-electron chi connectivity index (χ2n) is 4.91. The highest BCUT2D eigenvalue weighted by molar-refractivity contribution is 5.58. The molecule has 0 bridgehead atoms. The first-order valence-corrected chi connectivity index (χ1v) is 6.57. The van der Waals surface area contributed by atoms with Crippen LogP contribution < -0.4 is 5.32 Å². The molecule has 0 aliphatic heterocycles. The molecule has 0 aliphatic carbocycles. The number of hydrogen-bond donors (Lipinski definition) is 1. The van der Waals surface area contributed by atoms with Gasteiger partial charge in [-0.1, -0.05) is 17.7 Å². The molecule has 96 valence electrons. The van der Waals surface area contributed by atoms with E-state index < -0.39 is 0 Å². The van der Waals surface area contributed by atoms with Gasteiger partial charge in [0.1, 0.15) is 0 Å². The van der Waals surface area contributed by atoms with Crippen LogP contribution in [0.25, 0.3) is 0 Å². The Balaban J connectivity index is 2.16. The molecule has 0 atom stereocenters. The van der Waals surface area contributed by atoms with E-state index in [1.807, 2.05) is 0 Å². The molecule has 2 heteroatoms. The van der Waals surface area contributed by atoms with Crippen molar-refractivity contribution in [3.63, 3.8) is 0 Å². The highest BCUT2D eigenvalue weighted by Gasteiger charge is 2.04. The zero-order valence-corrected chi connectivity index (χ0v) is 11.7. The van der Waals surface area contributed by atoms with Gasteiger partial charge in [0.05, 0.1) is 6.54 Å². The maximum absolute atomic E-state index is 3.56. The Kier molecular flexibility index (Phi) is 3.75. The predicted molar refractivity (Wildman–Crippen MR) is 78.1 cm³/mol. The molecule has 0 aliphatic rings. The molecule has 0 saturated carbocycles. The largest absolute Gasteiger partial charge is 0.379 e. The van der Waals surface area contributed by atoms with Gasteiger partial charge in [0.15, 0.2) is 0 Å². The molecule has 1 N–H and O–H groups in total. The molecule has 1 aromatic carbocycles. The SMILES string of the molecule is CCn1cccc1CNc1c(C)cc(C)cc1C. The van der Waals surface area contributed by atoms with Gasteiger partial charge in [0.25, 0.3) is 0 Å². The van der Waals surface area contributed by atoms with Crippen LogP contribution in [0.2, 0.25) is 0 Å². The predicted octanol–water partition coefficient (Wildman–Crippen LogP) is 4.05. The molecule has 0 unspecified atom stereocenters. The number of aromatic nitrogens is 1. The van der Waals surface area contributed by atoms with Gasteiger partial charge in [0, 0.05) is 24.1 Å². The third-order valence-electron chi connectivity index (χ3n) is 3.39. The van der Waals surface area contributed by atoms with Gasteiger partial charge in [-0.05, 0) is 51.0 Å². The molecular weight excluding hydrogens is 220 g/mol. The average molecular weight is 242 g/mol. The van der Waals surface area contributed by atoms with Crippen molar-refractivity contribution in [3.8, 4) is 0 Å². The third kappa shape index (κ3) is 2.58. The van der Waals surface area contributed by atoms with E-state index in [0.717, 1.165) is 13.1 Å². The van der Waals surface area contributed by atoms with Crippen LogP contribution in [0.15, 0.2) is 30.5 Å². The second-order valence-corrected chi connectivity index (χ2v) is 4.91. The van der Waals surface area contributed by atoms with Gasteiger partial charge >= 0.3 is 0 Å². The maximum atomic E-state index is 3.56. The molecule has 1 heterocycles. The Morgan fingerprint density at radius 2 is 1.78 bits per heavy atom. The van der Waals surface area contributed by atoms with Crippen molar-refractivity contribution in [1.29, 1.82) is 0 Å². The maximum Gasteiger partial charge on any atom is 0.0553 e. The van der Waals surface area contributed by atoms with Crippen LogP contribution in [0.5, 0.6) is 0 Å². The zero-order chi connectivity index (χ0) is 13.1. The molecule has 0 fully saturated rings. The quantitative estimate of drug-likeness (QED) is 0.856. The number of rotatable bonds is 4. The molecule has 2 rings (SSSR count). The first kappa shape index (κ1) is 12.7. The standard InChI is InChI=1S/C16H22N2/c1-5-18-8-6-7-15(18)11-17-16-13(3)9-12(2)10-14(16)4/h6-10,17H,5,11H2,1-4H3. The van der Waals surface area contributed by atoms with Crippen LogP contribution in [0.1, 0.15) is 29.3 Å². The van der Waals surface area contributed by atoms with Crippen LogP contribution in [-0.4, -0.2) is 4.57 Å². The highest BCUT2D eigenvalue weighted by atomic mass is 15.0. The minimum absolute atomic E-state index is 0.881. The van der Waals surface area contributed by atoms with E-state index in [0.29, 0.717) is 0 Å². The second kappa shape index (κ2) is 5.30. The van der Waals surface area contributed by atoms with E-state index in [-0.39, 0.29) is 0 Å². The van der Waals surface area contributed by atoms with Gasteiger partial charge in [-0.2, -0.15) is 0 Å². The fourth-order valence-corrected chi connectivity index (χ4v) is 2.56. The Hall–Kier alpha value is -1.70. The van der Waals surface area contributed by atoms with Crippen molar-refractivity contribution in [1.82, 2.24) is 4.57 Å². The minimum atomic E-state index is 0.881. The summed E-state index contributed by atoms with van der Waals surface area (Å²) in [4.78, 5) is 0. The van der Waals surface area contributed by atoms with Crippen LogP contribution >= 0.6 is 0 Å². The lowest BCUT2D eigenvalue weighted by molar-refractivity contribution is 0.724. The van der Waals surface area contributed by atoms with Crippen LogP contribution in [0.4, 0.5) is 5.69 Å². The number of nitrogens with one attached hydrogen (secondary N) is 1. The molecule has 2 aromatic rings. The molecule has 2 nitrogen and oxygen atoms in total. The van der Waals surface area contributed by atoms with Crippen molar-refractivity contribution in [2.75, 3.05) is 5.32 Å². The van der Waals surface area contributed by atoms with E-state index in [1.165, 1.54) is 28.1 Å². The normalized spacial score (nSPS) is 10.7. The summed E-state index contributed by atoms with van der Waals surface area (Å²) in [5.74, 6) is 0. The van der Waals surface area contributed by atoms with E-state index in [4.69, 9.17) is 0 Å². The summed E-state index contributed by atoms with van der Waals surface area (Å²) in [7, 11) is 0. The fraction of sp³-hybridized carbons (Fsp3) is 0.375. The molecule has 0 saturated heterocycles. The summed E-state index contributed by atoms with van der Waals surface area (Å²) in [5.41, 5.74) is 6.57. The smallest absolute Gasteiger partial charge is 0.0553 e. The molecule has 1 aromatic heterocycles. The number of benzene rings is 1. The summed E-state index contributed by atoms with van der Waals surface area (Å²) in [6.07, 6.45) is 2.13. The molecule has 0 spiro atoms. The molecule has 0 amide bonds. The van der Waals surface area contributed by atoms with Crippen LogP contribution in [0, 0.1) is 20.8 Å². The summed E-state index contributed by atoms with van der Waals surface area (Å²) in [6, 6.07) is 8.74. The summed E-state index contributed by atoms with van der Waals surface area (Å²) in [6.45, 7) is 10.6. The summed E-state index contributed by atoms with van der Waals surface area (Å²) >= 11 is 0. The summed E-state index contributed by atoms with van der Waals surface area (Å²) < 4.78 is 2.27. The van der Waals surface area contributed by atoms with Crippen molar-refractivity contribution in [2.45, 2.75) is 40.8 Å². The van der Waals surface area contributed by atoms with Gasteiger partial charge in [-0.15, -0.1) is 0 Å². The van der Waals surface area contributed by atoms with Crippen molar-refractivity contribution in [3.05, 3.63) is 52.8 Å². The number of hydrogen-bond acceptors (Lipinski definition) is 1. The lowest BCUT2D eigenvalue weighted by Crippen LogP contribution is -2.08. The highest BCUT2D eigenvalue weighted by Crippen LogP contribution is 2.22. The van der Waals surface area contributed by atoms with E-state index in [1.54, 1.807) is 0 Å². The molecular formula is C16H22N2. The Morgan fingerprint density at radius 1 is 1.11 bits per heavy atom. The first-order chi connectivity index (χ1) is 8.61. The Labute approximate surface area is 110 Å². The summed E-state index contributed by atoms with van der Waals surface area (Å²) in [5, 5.41) is 3.56. The monoisotopic (exact) mass is 242 g/mol. The minimum Gasteiger partial charge on any atom is -0.379 e. The van der Waals surface area contributed by atoms with Crippen LogP contribution in [-0.2, 0) is 13.1 Å². The first-order valence-electron chi connectivity index (χ1n) is 6.57. The molecule has 18 heavy (non-hydrogen) atoms. The van der Waals surface area contributed by atoms with Crippen molar-refractivity contribution < 1.29 is 0 Å². The Bertz CT molecular complexity index is 515. The van der Waals surface area contributed by atoms with Crippen molar-refractivity contribution in [2.24, 2.45) is 0 Å². The topological polar surface area (TPSA) is 17.0 Å². The molecule has 0 radical (unpaired) electrons. The Morgan fingerprint density at radius 3 is 2.39 bits per heavy atom. The number of anilines is 1. The average Bonchev–Trinajstić information content (AvgIpc) is 2.75. The van der Waals surface area contributed by atoms with Gasteiger partial charge < -0.3 is 9.88 Å². The third-order valence-corrected chi connectivity index (χ3v) is 3.39. The fourth-order valence-electron chi connectivity index (χ4n) is 2.56. The van der Waals surface area contributed by atoms with Gasteiger partial charge in [-0.25, -0.2) is 0 Å². The van der Waals surface area contributed by atoms with Gasteiger partial charge in [0.2, 0.25) is 0 Å². The number of aryl methyl sites for hydroxylation is 4. The van der Waals surface area contributed by atoms with Crippen molar-refractivity contribution >= 4 is 5.69 Å². The van der Waals surface area contributed by atoms with Gasteiger partial charge in [-0.3, -0.25) is 0 Å². The number of nitrogens with zero attached hydrogens (tertiary/aromatic N) is 1. The lowest BCUT2D eigenvalue weighted by atomic mass is 10.1. The van der Waals surface area contributed by atoms with E-state index in [9.17, 15) is 0 Å². The lowest BCUT2D eigenvalue weighted by Gasteiger charge is -2.15. The zero-order valence-electron chi connectivity index (χ0n) is 11.7.